The van der Waals surface area contributed by atoms with Crippen molar-refractivity contribution < 1.29 is 9.53 Å². The van der Waals surface area contributed by atoms with Gasteiger partial charge in [-0.2, -0.15) is 0 Å². The van der Waals surface area contributed by atoms with Crippen LogP contribution in [0.25, 0.3) is 21.1 Å². The molecule has 2 heterocycles. The Labute approximate surface area is 171 Å². The first kappa shape index (κ1) is 18.7. The van der Waals surface area contributed by atoms with Gasteiger partial charge in [-0.3, -0.25) is 4.79 Å². The number of nitrogens with one attached hydrogen (secondary N) is 1. The van der Waals surface area contributed by atoms with Crippen LogP contribution in [0.2, 0.25) is 0 Å². The summed E-state index contributed by atoms with van der Waals surface area (Å²) in [5, 5.41) is 5.18. The topological polar surface area (TPSA) is 64.1 Å². The molecule has 2 aromatic carbocycles. The van der Waals surface area contributed by atoms with E-state index in [1.54, 1.807) is 7.11 Å². The molecule has 1 unspecified atom stereocenters. The van der Waals surface area contributed by atoms with E-state index >= 15 is 0 Å². The minimum Gasteiger partial charge on any atom is -0.497 e. The summed E-state index contributed by atoms with van der Waals surface area (Å²) in [6.07, 6.45) is 0. The number of carbonyl (C=O) groups is 1. The van der Waals surface area contributed by atoms with Crippen LogP contribution in [-0.2, 0) is 4.79 Å². The van der Waals surface area contributed by atoms with Gasteiger partial charge in [-0.15, -0.1) is 0 Å². The molecule has 4 aromatic rings. The van der Waals surface area contributed by atoms with Gasteiger partial charge in [0.05, 0.1) is 33.1 Å². The number of pyridine rings is 1. The standard InChI is InChI=1S/C21H19N3O2S2/c1-12-10-19(22-16-7-5-4-6-15(12)16)27-13(2)20(25)24-21-23-17-9-8-14(26-3)11-18(17)28-21/h4-11,13H,1-3H3,(H,23,24,25). The number of aryl methyl sites for hydroxylation is 1. The zero-order chi connectivity index (χ0) is 19.7. The highest BCUT2D eigenvalue weighted by Gasteiger charge is 2.18. The Morgan fingerprint density at radius 3 is 2.79 bits per heavy atom. The van der Waals surface area contributed by atoms with Crippen LogP contribution in [0, 0.1) is 6.92 Å². The molecule has 1 atom stereocenters. The van der Waals surface area contributed by atoms with E-state index in [-0.39, 0.29) is 11.2 Å². The quantitative estimate of drug-likeness (QED) is 0.454. The van der Waals surface area contributed by atoms with E-state index in [4.69, 9.17) is 4.74 Å². The zero-order valence-corrected chi connectivity index (χ0v) is 17.4. The summed E-state index contributed by atoms with van der Waals surface area (Å²) in [5.41, 5.74) is 2.94. The Kier molecular flexibility index (Phi) is 5.19. The smallest absolute Gasteiger partial charge is 0.239 e. The van der Waals surface area contributed by atoms with Crippen LogP contribution in [-0.4, -0.2) is 28.2 Å². The monoisotopic (exact) mass is 409 g/mol. The number of benzene rings is 2. The van der Waals surface area contributed by atoms with Crippen LogP contribution in [0.3, 0.4) is 0 Å². The summed E-state index contributed by atoms with van der Waals surface area (Å²) >= 11 is 2.88. The minimum atomic E-state index is -0.297. The normalized spacial score (nSPS) is 12.2. The van der Waals surface area contributed by atoms with Crippen molar-refractivity contribution in [3.63, 3.8) is 0 Å². The fourth-order valence-electron chi connectivity index (χ4n) is 2.91. The van der Waals surface area contributed by atoms with Crippen LogP contribution >= 0.6 is 23.1 Å². The van der Waals surface area contributed by atoms with Gasteiger partial charge < -0.3 is 10.1 Å². The molecule has 0 bridgehead atoms. The highest BCUT2D eigenvalue weighted by atomic mass is 32.2. The summed E-state index contributed by atoms with van der Waals surface area (Å²) in [4.78, 5) is 21.8. The van der Waals surface area contributed by atoms with Gasteiger partial charge in [0, 0.05) is 5.39 Å². The molecule has 0 fully saturated rings. The Balaban J connectivity index is 1.49. The zero-order valence-electron chi connectivity index (χ0n) is 15.7. The molecule has 28 heavy (non-hydrogen) atoms. The molecule has 1 N–H and O–H groups in total. The number of aromatic nitrogens is 2. The highest BCUT2D eigenvalue weighted by Crippen LogP contribution is 2.31. The van der Waals surface area contributed by atoms with E-state index in [0.29, 0.717) is 5.13 Å². The molecule has 0 radical (unpaired) electrons. The SMILES string of the molecule is COc1ccc2nc(NC(=O)C(C)Sc3cc(C)c4ccccc4n3)sc2c1. The predicted octanol–water partition coefficient (Wildman–Crippen LogP) is 5.28. The van der Waals surface area contributed by atoms with Crippen LogP contribution in [0.5, 0.6) is 5.75 Å². The van der Waals surface area contributed by atoms with Crippen LogP contribution in [0.4, 0.5) is 5.13 Å². The summed E-state index contributed by atoms with van der Waals surface area (Å²) in [6.45, 7) is 3.94. The highest BCUT2D eigenvalue weighted by molar-refractivity contribution is 8.00. The van der Waals surface area contributed by atoms with E-state index in [2.05, 4.69) is 28.3 Å². The average Bonchev–Trinajstić information content (AvgIpc) is 3.09. The molecule has 142 valence electrons. The van der Waals surface area contributed by atoms with Crippen molar-refractivity contribution in [3.8, 4) is 5.75 Å². The number of nitrogens with zero attached hydrogens (tertiary/aromatic N) is 2. The first-order chi connectivity index (χ1) is 13.5. The fraction of sp³-hybridized carbons (Fsp3) is 0.190. The molecule has 0 saturated carbocycles. The van der Waals surface area contributed by atoms with Gasteiger partial charge in [0.1, 0.15) is 5.75 Å². The van der Waals surface area contributed by atoms with Gasteiger partial charge >= 0.3 is 0 Å². The van der Waals surface area contributed by atoms with Crippen LogP contribution in [0.1, 0.15) is 12.5 Å². The maximum atomic E-state index is 12.6. The molecule has 0 aliphatic rings. The fourth-order valence-corrected chi connectivity index (χ4v) is 4.73. The van der Waals surface area contributed by atoms with Crippen molar-refractivity contribution in [1.82, 2.24) is 9.97 Å². The van der Waals surface area contributed by atoms with E-state index in [9.17, 15) is 4.79 Å². The molecular formula is C21H19N3O2S2. The summed E-state index contributed by atoms with van der Waals surface area (Å²) in [7, 11) is 1.63. The van der Waals surface area contributed by atoms with Crippen molar-refractivity contribution in [2.45, 2.75) is 24.1 Å². The van der Waals surface area contributed by atoms with Gasteiger partial charge in [0.15, 0.2) is 5.13 Å². The number of thiazole rings is 1. The first-order valence-electron chi connectivity index (χ1n) is 8.82. The van der Waals surface area contributed by atoms with Crippen molar-refractivity contribution in [1.29, 1.82) is 0 Å². The van der Waals surface area contributed by atoms with Crippen LogP contribution in [0.15, 0.2) is 53.6 Å². The number of hydrogen-bond acceptors (Lipinski definition) is 6. The average molecular weight is 410 g/mol. The third-order valence-electron chi connectivity index (χ3n) is 4.39. The Bertz CT molecular complexity index is 1170. The molecule has 2 aromatic heterocycles. The van der Waals surface area contributed by atoms with Crippen molar-refractivity contribution in [3.05, 3.63) is 54.1 Å². The van der Waals surface area contributed by atoms with Gasteiger partial charge in [0.25, 0.3) is 0 Å². The number of hydrogen-bond donors (Lipinski definition) is 1. The molecule has 0 aliphatic carbocycles. The minimum absolute atomic E-state index is 0.0939. The number of anilines is 1. The largest absolute Gasteiger partial charge is 0.497 e. The van der Waals surface area contributed by atoms with E-state index in [1.165, 1.54) is 23.1 Å². The Morgan fingerprint density at radius 1 is 1.14 bits per heavy atom. The molecule has 0 spiro atoms. The van der Waals surface area contributed by atoms with E-state index < -0.39 is 0 Å². The third kappa shape index (κ3) is 3.81. The lowest BCUT2D eigenvalue weighted by atomic mass is 10.1. The molecule has 7 heteroatoms. The Morgan fingerprint density at radius 2 is 1.96 bits per heavy atom. The molecule has 0 aliphatic heterocycles. The van der Waals surface area contributed by atoms with Crippen molar-refractivity contribution in [2.75, 3.05) is 12.4 Å². The van der Waals surface area contributed by atoms with Crippen molar-refractivity contribution in [2.24, 2.45) is 0 Å². The second-order valence-corrected chi connectivity index (χ2v) is 8.79. The van der Waals surface area contributed by atoms with Gasteiger partial charge in [-0.1, -0.05) is 41.3 Å². The summed E-state index contributed by atoms with van der Waals surface area (Å²) < 4.78 is 6.21. The van der Waals surface area contributed by atoms with Gasteiger partial charge in [0.2, 0.25) is 5.91 Å². The molecule has 4 rings (SSSR count). The lowest BCUT2D eigenvalue weighted by Crippen LogP contribution is -2.22. The molecular weight excluding hydrogens is 390 g/mol. The molecule has 1 amide bonds. The van der Waals surface area contributed by atoms with Crippen LogP contribution < -0.4 is 10.1 Å². The summed E-state index contributed by atoms with van der Waals surface area (Å²) in [6, 6.07) is 15.7. The number of carbonyl (C=O) groups excluding carboxylic acids is 1. The summed E-state index contributed by atoms with van der Waals surface area (Å²) in [5.74, 6) is 0.680. The maximum Gasteiger partial charge on any atom is 0.239 e. The molecule has 5 nitrogen and oxygen atoms in total. The number of rotatable bonds is 5. The van der Waals surface area contributed by atoms with Gasteiger partial charge in [-0.05, 0) is 49.7 Å². The van der Waals surface area contributed by atoms with E-state index in [0.717, 1.165) is 37.5 Å². The number of amides is 1. The number of methoxy groups -OCH3 is 1. The number of thioether (sulfide) groups is 1. The number of fused-ring (bicyclic) bond motifs is 2. The Hall–Kier alpha value is -2.64. The van der Waals surface area contributed by atoms with Crippen molar-refractivity contribution >= 4 is 55.3 Å². The van der Waals surface area contributed by atoms with Gasteiger partial charge in [-0.25, -0.2) is 9.97 Å². The third-order valence-corrected chi connectivity index (χ3v) is 6.34. The lowest BCUT2D eigenvalue weighted by Gasteiger charge is -2.11. The lowest BCUT2D eigenvalue weighted by molar-refractivity contribution is -0.115. The maximum absolute atomic E-state index is 12.6. The second-order valence-electron chi connectivity index (χ2n) is 6.40. The first-order valence-corrected chi connectivity index (χ1v) is 10.5. The predicted molar refractivity (Wildman–Crippen MR) is 117 cm³/mol. The van der Waals surface area contributed by atoms with E-state index in [1.807, 2.05) is 49.4 Å². The second kappa shape index (κ2) is 7.77. The number of para-hydroxylation sites is 1. The number of ether oxygens (including phenoxy) is 1. The molecule has 0 saturated heterocycles.